The molecule has 10 heteroatoms. The van der Waals surface area contributed by atoms with E-state index in [-0.39, 0.29) is 11.8 Å². The molecule has 5 atom stereocenters. The van der Waals surface area contributed by atoms with Gasteiger partial charge in [0.15, 0.2) is 0 Å². The van der Waals surface area contributed by atoms with E-state index in [4.69, 9.17) is 5.73 Å². The number of carboxylic acids is 1. The van der Waals surface area contributed by atoms with Crippen molar-refractivity contribution in [3.63, 3.8) is 0 Å². The molecule has 5 unspecified atom stereocenters. The van der Waals surface area contributed by atoms with Crippen molar-refractivity contribution < 1.29 is 24.3 Å². The molecule has 0 bridgehead atoms. The minimum atomic E-state index is -1.11. The molecule has 0 aromatic rings. The third kappa shape index (κ3) is 7.18. The number of hydrogen-bond donors (Lipinski definition) is 4. The molecular weight excluding hydrogens is 396 g/mol. The lowest BCUT2D eigenvalue weighted by molar-refractivity contribution is -0.144. The van der Waals surface area contributed by atoms with Gasteiger partial charge in [0.2, 0.25) is 17.7 Å². The van der Waals surface area contributed by atoms with Gasteiger partial charge in [-0.2, -0.15) is 11.8 Å². The molecule has 0 aromatic carbocycles. The van der Waals surface area contributed by atoms with Crippen LogP contribution in [0, 0.1) is 5.92 Å². The van der Waals surface area contributed by atoms with E-state index < -0.39 is 42.0 Å². The van der Waals surface area contributed by atoms with Crippen molar-refractivity contribution in [3.8, 4) is 0 Å². The Labute approximate surface area is 176 Å². The Morgan fingerprint density at radius 3 is 2.45 bits per heavy atom. The minimum absolute atomic E-state index is 0.245. The van der Waals surface area contributed by atoms with E-state index >= 15 is 0 Å². The fraction of sp³-hybridized carbons (Fsp3) is 0.789. The molecule has 1 fully saturated rings. The molecule has 3 amide bonds. The van der Waals surface area contributed by atoms with Crippen LogP contribution in [0.1, 0.15) is 46.5 Å². The molecule has 1 heterocycles. The second-order valence-corrected chi connectivity index (χ2v) is 8.50. The van der Waals surface area contributed by atoms with Crippen molar-refractivity contribution in [2.75, 3.05) is 18.6 Å². The number of nitrogens with one attached hydrogen (secondary N) is 2. The molecule has 1 aliphatic rings. The van der Waals surface area contributed by atoms with Gasteiger partial charge in [0.25, 0.3) is 0 Å². The van der Waals surface area contributed by atoms with E-state index in [0.29, 0.717) is 32.2 Å². The number of rotatable bonds is 11. The number of carbonyl (C=O) groups is 4. The fourth-order valence-corrected chi connectivity index (χ4v) is 3.71. The van der Waals surface area contributed by atoms with Crippen molar-refractivity contribution in [1.82, 2.24) is 15.5 Å². The largest absolute Gasteiger partial charge is 0.480 e. The van der Waals surface area contributed by atoms with Gasteiger partial charge in [-0.3, -0.25) is 14.4 Å². The number of likely N-dealkylation sites (tertiary alicyclic amines) is 1. The lowest BCUT2D eigenvalue weighted by Crippen LogP contribution is -2.56. The van der Waals surface area contributed by atoms with Crippen LogP contribution in [0.15, 0.2) is 0 Å². The number of hydrogen-bond acceptors (Lipinski definition) is 6. The molecule has 9 nitrogen and oxygen atoms in total. The van der Waals surface area contributed by atoms with Crippen molar-refractivity contribution >= 4 is 35.5 Å². The Morgan fingerprint density at radius 2 is 1.90 bits per heavy atom. The molecule has 1 rings (SSSR count). The number of thioether (sulfide) groups is 1. The summed E-state index contributed by atoms with van der Waals surface area (Å²) in [6, 6.07) is -3.26. The normalized spacial score (nSPS) is 20.4. The van der Waals surface area contributed by atoms with E-state index in [1.807, 2.05) is 13.2 Å². The average molecular weight is 431 g/mol. The van der Waals surface area contributed by atoms with Crippen LogP contribution in [-0.4, -0.2) is 76.4 Å². The van der Waals surface area contributed by atoms with Crippen LogP contribution in [0.5, 0.6) is 0 Å². The Morgan fingerprint density at radius 1 is 1.24 bits per heavy atom. The third-order valence-corrected chi connectivity index (χ3v) is 5.96. The molecule has 166 valence electrons. The fourth-order valence-electron chi connectivity index (χ4n) is 3.22. The van der Waals surface area contributed by atoms with Crippen molar-refractivity contribution in [2.45, 2.75) is 70.6 Å². The minimum Gasteiger partial charge on any atom is -0.480 e. The predicted octanol–water partition coefficient (Wildman–Crippen LogP) is 0.178. The van der Waals surface area contributed by atoms with Gasteiger partial charge in [0, 0.05) is 6.54 Å². The topological polar surface area (TPSA) is 142 Å². The van der Waals surface area contributed by atoms with Crippen LogP contribution >= 0.6 is 11.8 Å². The molecule has 0 aliphatic carbocycles. The number of carbonyl (C=O) groups excluding carboxylic acids is 3. The first-order valence-corrected chi connectivity index (χ1v) is 11.4. The van der Waals surface area contributed by atoms with Gasteiger partial charge < -0.3 is 26.4 Å². The summed E-state index contributed by atoms with van der Waals surface area (Å²) in [4.78, 5) is 50.5. The summed E-state index contributed by atoms with van der Waals surface area (Å²) in [5.74, 6) is -1.85. The highest BCUT2D eigenvalue weighted by atomic mass is 32.2. The van der Waals surface area contributed by atoms with Crippen LogP contribution in [0.2, 0.25) is 0 Å². The lowest BCUT2D eigenvalue weighted by Gasteiger charge is -2.28. The highest BCUT2D eigenvalue weighted by molar-refractivity contribution is 7.98. The number of nitrogens with two attached hydrogens (primary N) is 1. The van der Waals surface area contributed by atoms with Crippen LogP contribution in [-0.2, 0) is 19.2 Å². The Hall–Kier alpha value is -1.81. The Bertz CT molecular complexity index is 603. The van der Waals surface area contributed by atoms with Gasteiger partial charge in [-0.25, -0.2) is 4.79 Å². The quantitative estimate of drug-likeness (QED) is 0.366. The van der Waals surface area contributed by atoms with E-state index in [1.54, 1.807) is 18.7 Å². The summed E-state index contributed by atoms with van der Waals surface area (Å²) in [6.45, 7) is 5.53. The average Bonchev–Trinajstić information content (AvgIpc) is 3.18. The first-order valence-electron chi connectivity index (χ1n) is 10.0. The summed E-state index contributed by atoms with van der Waals surface area (Å²) in [6.07, 6.45) is 4.26. The molecule has 5 N–H and O–H groups in total. The number of carboxylic acid groups (broad SMARTS) is 1. The number of aliphatic carboxylic acids is 1. The zero-order valence-electron chi connectivity index (χ0n) is 17.6. The second kappa shape index (κ2) is 12.0. The standard InChI is InChI=1S/C19H34N4O5S/c1-5-11(2)15(19(27)28)22-16(24)12(3)21-17(25)14-7-6-9-23(14)18(26)13(20)8-10-29-4/h11-15H,5-10,20H2,1-4H3,(H,21,25)(H,22,24)(H,27,28). The van der Waals surface area contributed by atoms with Gasteiger partial charge >= 0.3 is 5.97 Å². The summed E-state index contributed by atoms with van der Waals surface area (Å²) < 4.78 is 0. The van der Waals surface area contributed by atoms with Gasteiger partial charge in [-0.05, 0) is 44.1 Å². The SMILES string of the molecule is CCC(C)C(NC(=O)C(C)NC(=O)C1CCCN1C(=O)C(N)CCSC)C(=O)O. The molecule has 0 radical (unpaired) electrons. The highest BCUT2D eigenvalue weighted by Gasteiger charge is 2.37. The first-order chi connectivity index (χ1) is 13.6. The van der Waals surface area contributed by atoms with E-state index in [9.17, 15) is 24.3 Å². The number of nitrogens with zero attached hydrogens (tertiary/aromatic N) is 1. The zero-order chi connectivity index (χ0) is 22.1. The van der Waals surface area contributed by atoms with Crippen LogP contribution in [0.3, 0.4) is 0 Å². The second-order valence-electron chi connectivity index (χ2n) is 7.52. The molecule has 0 spiro atoms. The smallest absolute Gasteiger partial charge is 0.326 e. The summed E-state index contributed by atoms with van der Waals surface area (Å²) in [5, 5.41) is 14.4. The Balaban J connectivity index is 2.69. The maximum Gasteiger partial charge on any atom is 0.326 e. The highest BCUT2D eigenvalue weighted by Crippen LogP contribution is 2.19. The molecule has 0 saturated carbocycles. The molecule has 1 aliphatic heterocycles. The van der Waals surface area contributed by atoms with E-state index in [1.165, 1.54) is 11.8 Å². The van der Waals surface area contributed by atoms with E-state index in [0.717, 1.165) is 5.75 Å². The molecule has 29 heavy (non-hydrogen) atoms. The molecule has 1 saturated heterocycles. The van der Waals surface area contributed by atoms with Crippen LogP contribution < -0.4 is 16.4 Å². The maximum atomic E-state index is 12.7. The van der Waals surface area contributed by atoms with Gasteiger partial charge in [0.1, 0.15) is 18.1 Å². The van der Waals surface area contributed by atoms with Gasteiger partial charge in [-0.15, -0.1) is 0 Å². The summed E-state index contributed by atoms with van der Waals surface area (Å²) >= 11 is 1.60. The maximum absolute atomic E-state index is 12.7. The molecule has 0 aromatic heterocycles. The van der Waals surface area contributed by atoms with Gasteiger partial charge in [0.05, 0.1) is 6.04 Å². The van der Waals surface area contributed by atoms with Crippen molar-refractivity contribution in [2.24, 2.45) is 11.7 Å². The third-order valence-electron chi connectivity index (χ3n) is 5.32. The van der Waals surface area contributed by atoms with E-state index in [2.05, 4.69) is 10.6 Å². The summed E-state index contributed by atoms with van der Waals surface area (Å²) in [5.41, 5.74) is 5.96. The van der Waals surface area contributed by atoms with Crippen molar-refractivity contribution in [3.05, 3.63) is 0 Å². The van der Waals surface area contributed by atoms with Crippen LogP contribution in [0.4, 0.5) is 0 Å². The summed E-state index contributed by atoms with van der Waals surface area (Å²) in [7, 11) is 0. The Kier molecular flexibility index (Phi) is 10.5. The van der Waals surface area contributed by atoms with Crippen molar-refractivity contribution in [1.29, 1.82) is 0 Å². The number of amides is 3. The predicted molar refractivity (Wildman–Crippen MR) is 112 cm³/mol. The lowest BCUT2D eigenvalue weighted by atomic mass is 9.99. The molecular formula is C19H34N4O5S. The van der Waals surface area contributed by atoms with Crippen LogP contribution in [0.25, 0.3) is 0 Å². The zero-order valence-corrected chi connectivity index (χ0v) is 18.5. The first kappa shape index (κ1) is 25.2. The monoisotopic (exact) mass is 430 g/mol. The van der Waals surface area contributed by atoms with Gasteiger partial charge in [-0.1, -0.05) is 20.3 Å².